The number of phenols is 1. The summed E-state index contributed by atoms with van der Waals surface area (Å²) in [6.07, 6.45) is -4.29. The van der Waals surface area contributed by atoms with Gasteiger partial charge in [-0.05, 0) is 25.5 Å². The van der Waals surface area contributed by atoms with E-state index in [2.05, 4.69) is 10.1 Å². The number of halogens is 3. The molecule has 0 bridgehead atoms. The maximum atomic E-state index is 11.8. The predicted molar refractivity (Wildman–Crippen MR) is 66.1 cm³/mol. The van der Waals surface area contributed by atoms with Crippen molar-refractivity contribution in [3.8, 4) is 5.75 Å². The fourth-order valence-corrected chi connectivity index (χ4v) is 1.67. The van der Waals surface area contributed by atoms with Gasteiger partial charge in [0.25, 0.3) is 0 Å². The van der Waals surface area contributed by atoms with Crippen LogP contribution in [0.4, 0.5) is 13.2 Å². The fraction of sp³-hybridized carbons (Fsp3) is 0.538. The first-order chi connectivity index (χ1) is 8.79. The maximum absolute atomic E-state index is 11.8. The summed E-state index contributed by atoms with van der Waals surface area (Å²) < 4.78 is 39.9. The van der Waals surface area contributed by atoms with E-state index >= 15 is 0 Å². The predicted octanol–water partition coefficient (Wildman–Crippen LogP) is 2.93. The second kappa shape index (κ2) is 6.77. The van der Waals surface area contributed by atoms with Gasteiger partial charge < -0.3 is 15.2 Å². The van der Waals surface area contributed by atoms with E-state index in [1.165, 1.54) is 0 Å². The highest BCUT2D eigenvalue weighted by Crippen LogP contribution is 2.24. The molecule has 0 saturated heterocycles. The van der Waals surface area contributed by atoms with Crippen molar-refractivity contribution in [2.45, 2.75) is 26.1 Å². The first kappa shape index (κ1) is 15.8. The molecular weight excluding hydrogens is 259 g/mol. The van der Waals surface area contributed by atoms with Gasteiger partial charge in [-0.15, -0.1) is 0 Å². The zero-order valence-corrected chi connectivity index (χ0v) is 10.9. The van der Waals surface area contributed by atoms with Gasteiger partial charge in [0, 0.05) is 18.2 Å². The molecule has 0 saturated carbocycles. The molecule has 0 aliphatic heterocycles. The highest BCUT2D eigenvalue weighted by Gasteiger charge is 2.27. The lowest BCUT2D eigenvalue weighted by atomic mass is 10.1. The molecule has 1 rings (SSSR count). The van der Waals surface area contributed by atoms with Gasteiger partial charge in [-0.25, -0.2) is 0 Å². The molecule has 1 atom stereocenters. The van der Waals surface area contributed by atoms with Crippen LogP contribution in [-0.4, -0.2) is 31.0 Å². The molecule has 0 aliphatic carbocycles. The summed E-state index contributed by atoms with van der Waals surface area (Å²) in [6.45, 7) is 2.71. The number of hydrogen-bond acceptors (Lipinski definition) is 3. The quantitative estimate of drug-likeness (QED) is 0.786. The smallest absolute Gasteiger partial charge is 0.411 e. The largest absolute Gasteiger partial charge is 0.508 e. The number of ether oxygens (including phenoxy) is 1. The lowest BCUT2D eigenvalue weighted by molar-refractivity contribution is -0.173. The van der Waals surface area contributed by atoms with E-state index in [1.807, 2.05) is 19.9 Å². The molecule has 19 heavy (non-hydrogen) atoms. The van der Waals surface area contributed by atoms with Crippen LogP contribution in [0.3, 0.4) is 0 Å². The van der Waals surface area contributed by atoms with Crippen LogP contribution >= 0.6 is 0 Å². The van der Waals surface area contributed by atoms with E-state index in [-0.39, 0.29) is 24.9 Å². The molecule has 0 spiro atoms. The lowest BCUT2D eigenvalue weighted by Gasteiger charge is -2.16. The molecule has 108 valence electrons. The van der Waals surface area contributed by atoms with Crippen LogP contribution in [0.15, 0.2) is 18.2 Å². The third-order valence-corrected chi connectivity index (χ3v) is 2.62. The van der Waals surface area contributed by atoms with Crippen molar-refractivity contribution in [1.82, 2.24) is 5.32 Å². The van der Waals surface area contributed by atoms with E-state index in [4.69, 9.17) is 0 Å². The second-order valence-electron chi connectivity index (χ2n) is 4.41. The number of benzene rings is 1. The van der Waals surface area contributed by atoms with E-state index in [0.717, 1.165) is 5.56 Å². The highest BCUT2D eigenvalue weighted by atomic mass is 19.4. The van der Waals surface area contributed by atoms with Crippen molar-refractivity contribution in [2.75, 3.05) is 19.8 Å². The summed E-state index contributed by atoms with van der Waals surface area (Å²) in [5.41, 5.74) is 1.66. The number of nitrogens with one attached hydrogen (secondary N) is 1. The van der Waals surface area contributed by atoms with Crippen molar-refractivity contribution in [2.24, 2.45) is 0 Å². The summed E-state index contributed by atoms with van der Waals surface area (Å²) in [5, 5.41) is 12.7. The van der Waals surface area contributed by atoms with Crippen LogP contribution in [0.1, 0.15) is 24.1 Å². The normalized spacial score (nSPS) is 13.5. The number of rotatable bonds is 6. The molecular formula is C13H18F3NO2. The van der Waals surface area contributed by atoms with Gasteiger partial charge in [-0.2, -0.15) is 13.2 Å². The van der Waals surface area contributed by atoms with Gasteiger partial charge in [0.1, 0.15) is 12.4 Å². The average Bonchev–Trinajstić information content (AvgIpc) is 2.26. The minimum atomic E-state index is -4.29. The SMILES string of the molecule is Cc1ccc(C(C)NCCOCC(F)(F)F)c(O)c1. The first-order valence-corrected chi connectivity index (χ1v) is 5.97. The first-order valence-electron chi connectivity index (χ1n) is 5.97. The van der Waals surface area contributed by atoms with Crippen LogP contribution in [0.2, 0.25) is 0 Å². The Morgan fingerprint density at radius 1 is 1.37 bits per heavy atom. The summed E-state index contributed by atoms with van der Waals surface area (Å²) >= 11 is 0. The Morgan fingerprint density at radius 2 is 2.05 bits per heavy atom. The Labute approximate surface area is 110 Å². The van der Waals surface area contributed by atoms with Crippen molar-refractivity contribution in [3.05, 3.63) is 29.3 Å². The maximum Gasteiger partial charge on any atom is 0.411 e. The highest BCUT2D eigenvalue weighted by molar-refractivity contribution is 5.37. The fourth-order valence-electron chi connectivity index (χ4n) is 1.67. The molecule has 6 heteroatoms. The number of aromatic hydroxyl groups is 1. The third-order valence-electron chi connectivity index (χ3n) is 2.62. The minimum absolute atomic E-state index is 0.0313. The van der Waals surface area contributed by atoms with Crippen molar-refractivity contribution >= 4 is 0 Å². The van der Waals surface area contributed by atoms with Gasteiger partial charge >= 0.3 is 6.18 Å². The summed E-state index contributed by atoms with van der Waals surface area (Å²) in [6, 6.07) is 5.15. The zero-order valence-electron chi connectivity index (χ0n) is 10.9. The van der Waals surface area contributed by atoms with Crippen LogP contribution in [0.5, 0.6) is 5.75 Å². The third kappa shape index (κ3) is 5.94. The molecule has 0 amide bonds. The van der Waals surface area contributed by atoms with Gasteiger partial charge in [0.15, 0.2) is 0 Å². The van der Waals surface area contributed by atoms with Gasteiger partial charge in [0.05, 0.1) is 6.61 Å². The Balaban J connectivity index is 2.33. The zero-order chi connectivity index (χ0) is 14.5. The summed E-state index contributed by atoms with van der Waals surface area (Å²) in [4.78, 5) is 0. The van der Waals surface area contributed by atoms with Crippen LogP contribution in [0.25, 0.3) is 0 Å². The van der Waals surface area contributed by atoms with E-state index in [0.29, 0.717) is 5.56 Å². The van der Waals surface area contributed by atoms with Crippen LogP contribution < -0.4 is 5.32 Å². The Hall–Kier alpha value is -1.27. The molecule has 0 radical (unpaired) electrons. The monoisotopic (exact) mass is 277 g/mol. The van der Waals surface area contributed by atoms with Gasteiger partial charge in [-0.3, -0.25) is 0 Å². The standard InChI is InChI=1S/C13H18F3NO2/c1-9-3-4-11(12(18)7-9)10(2)17-5-6-19-8-13(14,15)16/h3-4,7,10,17-18H,5-6,8H2,1-2H3. The average molecular weight is 277 g/mol. The topological polar surface area (TPSA) is 41.5 Å². The molecule has 0 aromatic heterocycles. The van der Waals surface area contributed by atoms with Crippen LogP contribution in [0, 0.1) is 6.92 Å². The molecule has 0 heterocycles. The molecule has 2 N–H and O–H groups in total. The minimum Gasteiger partial charge on any atom is -0.508 e. The molecule has 1 aromatic rings. The number of phenolic OH excluding ortho intramolecular Hbond substituents is 1. The molecule has 1 aromatic carbocycles. The lowest BCUT2D eigenvalue weighted by Crippen LogP contribution is -2.26. The van der Waals surface area contributed by atoms with E-state index < -0.39 is 12.8 Å². The molecule has 1 unspecified atom stereocenters. The Kier molecular flexibility index (Phi) is 5.62. The van der Waals surface area contributed by atoms with E-state index in [9.17, 15) is 18.3 Å². The van der Waals surface area contributed by atoms with Crippen molar-refractivity contribution in [1.29, 1.82) is 0 Å². The number of hydrogen-bond donors (Lipinski definition) is 2. The van der Waals surface area contributed by atoms with Crippen LogP contribution in [-0.2, 0) is 4.74 Å². The number of alkyl halides is 3. The Morgan fingerprint density at radius 3 is 2.63 bits per heavy atom. The molecule has 3 nitrogen and oxygen atoms in total. The summed E-state index contributed by atoms with van der Waals surface area (Å²) in [7, 11) is 0. The summed E-state index contributed by atoms with van der Waals surface area (Å²) in [5.74, 6) is 0.177. The van der Waals surface area contributed by atoms with Gasteiger partial charge in [0.2, 0.25) is 0 Å². The van der Waals surface area contributed by atoms with E-state index in [1.54, 1.807) is 12.1 Å². The van der Waals surface area contributed by atoms with Crippen molar-refractivity contribution < 1.29 is 23.0 Å². The Bertz CT molecular complexity index is 407. The molecule has 0 fully saturated rings. The number of aryl methyl sites for hydroxylation is 1. The molecule has 0 aliphatic rings. The van der Waals surface area contributed by atoms with Crippen molar-refractivity contribution in [3.63, 3.8) is 0 Å². The van der Waals surface area contributed by atoms with Gasteiger partial charge in [-0.1, -0.05) is 12.1 Å². The second-order valence-corrected chi connectivity index (χ2v) is 4.41.